The van der Waals surface area contributed by atoms with Gasteiger partial charge in [0.05, 0.1) is 31.6 Å². The highest BCUT2D eigenvalue weighted by Gasteiger charge is 2.11. The van der Waals surface area contributed by atoms with Crippen molar-refractivity contribution in [1.82, 2.24) is 19.9 Å². The first kappa shape index (κ1) is 16.6. The van der Waals surface area contributed by atoms with Gasteiger partial charge in [-0.3, -0.25) is 9.69 Å². The zero-order valence-corrected chi connectivity index (χ0v) is 12.5. The van der Waals surface area contributed by atoms with Crippen LogP contribution in [0.25, 0.3) is 0 Å². The van der Waals surface area contributed by atoms with Crippen LogP contribution >= 0.6 is 11.6 Å². The number of allylic oxidation sites excluding steroid dienone is 2. The normalized spacial score (nSPS) is 12.1. The molecule has 1 aromatic heterocycles. The quantitative estimate of drug-likeness (QED) is 0.711. The van der Waals surface area contributed by atoms with Gasteiger partial charge in [-0.05, 0) is 13.0 Å². The van der Waals surface area contributed by atoms with Crippen LogP contribution in [0.15, 0.2) is 17.3 Å². The molecule has 8 heteroatoms. The van der Waals surface area contributed by atoms with E-state index in [-0.39, 0.29) is 12.5 Å². The van der Waals surface area contributed by atoms with Crippen LogP contribution in [-0.2, 0) is 22.6 Å². The third-order valence-electron chi connectivity index (χ3n) is 2.52. The summed E-state index contributed by atoms with van der Waals surface area (Å²) < 4.78 is 6.68. The number of carbonyl (C=O) groups is 1. The molecule has 1 rings (SSSR count). The van der Waals surface area contributed by atoms with Crippen LogP contribution in [0.4, 0.5) is 0 Å². The molecule has 0 atom stereocenters. The van der Waals surface area contributed by atoms with Crippen molar-refractivity contribution in [1.29, 1.82) is 0 Å². The number of methoxy groups -OCH3 is 1. The highest BCUT2D eigenvalue weighted by molar-refractivity contribution is 6.29. The van der Waals surface area contributed by atoms with Gasteiger partial charge in [-0.1, -0.05) is 16.8 Å². The van der Waals surface area contributed by atoms with Gasteiger partial charge in [0, 0.05) is 25.2 Å². The standard InChI is InChI=1S/C12H20ClN5O2/c1-10(13)3-4-18-8-11(15-16-18)7-17(5-6-20-2)9-12(14)19/h3,8H,4-7,9H2,1-2H3,(H2,14,19)/b10-3-. The number of amides is 1. The number of primary amides is 1. The van der Waals surface area contributed by atoms with Crippen LogP contribution in [0, 0.1) is 0 Å². The van der Waals surface area contributed by atoms with Crippen LogP contribution < -0.4 is 5.73 Å². The zero-order valence-electron chi connectivity index (χ0n) is 11.8. The molecule has 0 saturated heterocycles. The minimum Gasteiger partial charge on any atom is -0.383 e. The first-order valence-electron chi connectivity index (χ1n) is 6.22. The average Bonchev–Trinajstić information content (AvgIpc) is 2.80. The Kier molecular flexibility index (Phi) is 7.21. The van der Waals surface area contributed by atoms with Crippen LogP contribution in [-0.4, -0.2) is 52.6 Å². The molecule has 0 unspecified atom stereocenters. The van der Waals surface area contributed by atoms with Crippen molar-refractivity contribution < 1.29 is 9.53 Å². The van der Waals surface area contributed by atoms with Gasteiger partial charge in [-0.2, -0.15) is 0 Å². The molecular weight excluding hydrogens is 282 g/mol. The van der Waals surface area contributed by atoms with Gasteiger partial charge in [0.1, 0.15) is 0 Å². The fourth-order valence-electron chi connectivity index (χ4n) is 1.60. The van der Waals surface area contributed by atoms with Crippen molar-refractivity contribution in [2.24, 2.45) is 5.73 Å². The summed E-state index contributed by atoms with van der Waals surface area (Å²) in [4.78, 5) is 12.9. The molecule has 0 aromatic carbocycles. The lowest BCUT2D eigenvalue weighted by molar-refractivity contribution is -0.119. The van der Waals surface area contributed by atoms with Crippen molar-refractivity contribution >= 4 is 17.5 Å². The molecule has 0 aliphatic rings. The maximum absolute atomic E-state index is 11.0. The number of aromatic nitrogens is 3. The van der Waals surface area contributed by atoms with Crippen molar-refractivity contribution in [2.75, 3.05) is 26.8 Å². The summed E-state index contributed by atoms with van der Waals surface area (Å²) in [7, 11) is 1.61. The van der Waals surface area contributed by atoms with Crippen LogP contribution in [0.1, 0.15) is 12.6 Å². The Bertz CT molecular complexity index is 456. The van der Waals surface area contributed by atoms with E-state index in [4.69, 9.17) is 22.1 Å². The SMILES string of the molecule is COCCN(CC(N)=O)Cc1cn(C/C=C(/C)Cl)nn1. The smallest absolute Gasteiger partial charge is 0.231 e. The van der Waals surface area contributed by atoms with Crippen LogP contribution in [0.5, 0.6) is 0 Å². The minimum absolute atomic E-state index is 0.164. The Labute approximate surface area is 123 Å². The number of halogens is 1. The number of ether oxygens (including phenoxy) is 1. The Hall–Kier alpha value is -1.44. The van der Waals surface area contributed by atoms with E-state index in [2.05, 4.69) is 10.3 Å². The van der Waals surface area contributed by atoms with E-state index in [1.165, 1.54) is 0 Å². The summed E-state index contributed by atoms with van der Waals surface area (Å²) in [5.74, 6) is -0.380. The predicted molar refractivity (Wildman–Crippen MR) is 76.0 cm³/mol. The van der Waals surface area contributed by atoms with Crippen LogP contribution in [0.2, 0.25) is 0 Å². The van der Waals surface area contributed by atoms with E-state index in [0.717, 1.165) is 5.69 Å². The molecule has 112 valence electrons. The fraction of sp³-hybridized carbons (Fsp3) is 0.583. The Balaban J connectivity index is 2.58. The van der Waals surface area contributed by atoms with Gasteiger partial charge >= 0.3 is 0 Å². The molecule has 1 aromatic rings. The molecular formula is C12H20ClN5O2. The lowest BCUT2D eigenvalue weighted by Crippen LogP contribution is -2.35. The lowest BCUT2D eigenvalue weighted by atomic mass is 10.4. The summed E-state index contributed by atoms with van der Waals surface area (Å²) in [5.41, 5.74) is 5.99. The van der Waals surface area contributed by atoms with E-state index in [1.807, 2.05) is 17.2 Å². The van der Waals surface area contributed by atoms with E-state index >= 15 is 0 Å². The van der Waals surface area contributed by atoms with E-state index < -0.39 is 0 Å². The summed E-state index contributed by atoms with van der Waals surface area (Å²) in [6.45, 7) is 4.16. The highest BCUT2D eigenvalue weighted by Crippen LogP contribution is 2.03. The zero-order chi connectivity index (χ0) is 15.0. The van der Waals surface area contributed by atoms with Gasteiger partial charge in [0.2, 0.25) is 5.91 Å². The molecule has 20 heavy (non-hydrogen) atoms. The average molecular weight is 302 g/mol. The van der Waals surface area contributed by atoms with Gasteiger partial charge in [0.15, 0.2) is 0 Å². The maximum atomic E-state index is 11.0. The lowest BCUT2D eigenvalue weighted by Gasteiger charge is -2.18. The molecule has 7 nitrogen and oxygen atoms in total. The third kappa shape index (κ3) is 6.65. The maximum Gasteiger partial charge on any atom is 0.231 e. The second kappa shape index (κ2) is 8.68. The molecule has 0 aliphatic carbocycles. The summed E-state index contributed by atoms with van der Waals surface area (Å²) in [6, 6.07) is 0. The van der Waals surface area contributed by atoms with E-state index in [9.17, 15) is 4.79 Å². The van der Waals surface area contributed by atoms with Gasteiger partial charge in [-0.25, -0.2) is 4.68 Å². The fourth-order valence-corrected chi connectivity index (χ4v) is 1.67. The molecule has 0 spiro atoms. The van der Waals surface area contributed by atoms with Gasteiger partial charge in [0.25, 0.3) is 0 Å². The summed E-state index contributed by atoms with van der Waals surface area (Å²) in [6.07, 6.45) is 3.66. The van der Waals surface area contributed by atoms with E-state index in [1.54, 1.807) is 18.7 Å². The number of nitrogens with two attached hydrogens (primary N) is 1. The van der Waals surface area contributed by atoms with Crippen LogP contribution in [0.3, 0.4) is 0 Å². The largest absolute Gasteiger partial charge is 0.383 e. The molecule has 0 fully saturated rings. The number of hydrogen-bond donors (Lipinski definition) is 1. The van der Waals surface area contributed by atoms with Crippen molar-refractivity contribution in [3.63, 3.8) is 0 Å². The third-order valence-corrected chi connectivity index (χ3v) is 2.68. The molecule has 0 bridgehead atoms. The topological polar surface area (TPSA) is 86.3 Å². The number of hydrogen-bond acceptors (Lipinski definition) is 5. The molecule has 0 saturated carbocycles. The van der Waals surface area contributed by atoms with Gasteiger partial charge < -0.3 is 10.5 Å². The van der Waals surface area contributed by atoms with Gasteiger partial charge in [-0.15, -0.1) is 5.10 Å². The Morgan fingerprint density at radius 3 is 3.00 bits per heavy atom. The second-order valence-electron chi connectivity index (χ2n) is 4.39. The first-order chi connectivity index (χ1) is 9.51. The second-order valence-corrected chi connectivity index (χ2v) is 4.99. The molecule has 0 aliphatic heterocycles. The summed E-state index contributed by atoms with van der Waals surface area (Å²) >= 11 is 5.76. The molecule has 1 amide bonds. The van der Waals surface area contributed by atoms with E-state index in [0.29, 0.717) is 31.3 Å². The Morgan fingerprint density at radius 2 is 2.40 bits per heavy atom. The summed E-state index contributed by atoms with van der Waals surface area (Å²) in [5, 5.41) is 8.75. The number of nitrogens with zero attached hydrogens (tertiary/aromatic N) is 4. The Morgan fingerprint density at radius 1 is 1.65 bits per heavy atom. The minimum atomic E-state index is -0.380. The monoisotopic (exact) mass is 301 g/mol. The molecule has 0 radical (unpaired) electrons. The van der Waals surface area contributed by atoms with Crippen molar-refractivity contribution in [2.45, 2.75) is 20.0 Å². The van der Waals surface area contributed by atoms with Crippen molar-refractivity contribution in [3.8, 4) is 0 Å². The van der Waals surface area contributed by atoms with Crippen molar-refractivity contribution in [3.05, 3.63) is 23.0 Å². The molecule has 2 N–H and O–H groups in total. The number of rotatable bonds is 9. The predicted octanol–water partition coefficient (Wildman–Crippen LogP) is 0.354. The number of carbonyl (C=O) groups excluding carboxylic acids is 1. The first-order valence-corrected chi connectivity index (χ1v) is 6.60. The highest BCUT2D eigenvalue weighted by atomic mass is 35.5. The molecule has 1 heterocycles.